The monoisotopic (exact) mass is 503 g/mol. The van der Waals surface area contributed by atoms with E-state index < -0.39 is 0 Å². The van der Waals surface area contributed by atoms with Crippen LogP contribution in [-0.4, -0.2) is 48.1 Å². The van der Waals surface area contributed by atoms with Crippen molar-refractivity contribution in [2.75, 3.05) is 27.3 Å². The number of H-pyrrole nitrogens is 1. The van der Waals surface area contributed by atoms with Gasteiger partial charge in [-0.25, -0.2) is 4.98 Å². The fourth-order valence-electron chi connectivity index (χ4n) is 5.34. The Hall–Kier alpha value is -3.32. The first-order valence-corrected chi connectivity index (χ1v) is 13.5. The number of piperidine rings is 1. The molecular formula is C29H33N3O3S. The largest absolute Gasteiger partial charge is 0.493 e. The summed E-state index contributed by atoms with van der Waals surface area (Å²) in [6, 6.07) is 12.9. The summed E-state index contributed by atoms with van der Waals surface area (Å²) in [7, 11) is 3.32. The number of rotatable bonds is 8. The van der Waals surface area contributed by atoms with Crippen LogP contribution in [0.4, 0.5) is 0 Å². The minimum absolute atomic E-state index is 0.248. The molecule has 4 aromatic rings. The van der Waals surface area contributed by atoms with Crippen molar-refractivity contribution in [2.24, 2.45) is 0 Å². The highest BCUT2D eigenvalue weighted by molar-refractivity contribution is 7.09. The van der Waals surface area contributed by atoms with Gasteiger partial charge in [0.1, 0.15) is 0 Å². The predicted molar refractivity (Wildman–Crippen MR) is 145 cm³/mol. The highest BCUT2D eigenvalue weighted by atomic mass is 32.1. The number of carbonyl (C=O) groups is 1. The second kappa shape index (κ2) is 10.7. The average Bonchev–Trinajstić information content (AvgIpc) is 3.58. The number of hydrogen-bond donors (Lipinski definition) is 1. The van der Waals surface area contributed by atoms with E-state index in [1.807, 2.05) is 22.4 Å². The van der Waals surface area contributed by atoms with Crippen LogP contribution < -0.4 is 9.47 Å². The van der Waals surface area contributed by atoms with Crippen molar-refractivity contribution < 1.29 is 14.3 Å². The fourth-order valence-corrected chi connectivity index (χ4v) is 5.96. The Kier molecular flexibility index (Phi) is 7.28. The predicted octanol–water partition coefficient (Wildman–Crippen LogP) is 6.21. The number of aromatic amines is 1. The van der Waals surface area contributed by atoms with Gasteiger partial charge in [0.05, 0.1) is 19.2 Å². The van der Waals surface area contributed by atoms with Crippen molar-refractivity contribution in [1.29, 1.82) is 0 Å². The molecule has 188 valence electrons. The molecule has 1 aliphatic rings. The first-order valence-electron chi connectivity index (χ1n) is 12.6. The van der Waals surface area contributed by atoms with Crippen LogP contribution in [0.5, 0.6) is 11.5 Å². The summed E-state index contributed by atoms with van der Waals surface area (Å²) < 4.78 is 11.0. The van der Waals surface area contributed by atoms with Gasteiger partial charge in [0.15, 0.2) is 11.5 Å². The van der Waals surface area contributed by atoms with Gasteiger partial charge in [-0.15, -0.1) is 11.3 Å². The Balaban J connectivity index is 1.32. The normalized spacial score (nSPS) is 14.4. The molecule has 1 fully saturated rings. The number of methoxy groups -OCH3 is 2. The molecule has 7 heteroatoms. The Morgan fingerprint density at radius 1 is 1.11 bits per heavy atom. The summed E-state index contributed by atoms with van der Waals surface area (Å²) in [4.78, 5) is 22.7. The fraction of sp³-hybridized carbons (Fsp3) is 0.379. The lowest BCUT2D eigenvalue weighted by atomic mass is 9.88. The Morgan fingerprint density at radius 2 is 1.92 bits per heavy atom. The first-order chi connectivity index (χ1) is 17.6. The van der Waals surface area contributed by atoms with Gasteiger partial charge >= 0.3 is 0 Å². The number of likely N-dealkylation sites (tertiary alicyclic amines) is 1. The molecular weight excluding hydrogens is 470 g/mol. The van der Waals surface area contributed by atoms with Crippen LogP contribution >= 0.6 is 11.3 Å². The van der Waals surface area contributed by atoms with E-state index in [2.05, 4.69) is 41.2 Å². The Morgan fingerprint density at radius 3 is 2.61 bits per heavy atom. The molecule has 36 heavy (non-hydrogen) atoms. The van der Waals surface area contributed by atoms with Gasteiger partial charge in [-0.3, -0.25) is 4.79 Å². The molecule has 0 aliphatic carbocycles. The Bertz CT molecular complexity index is 1340. The number of nitrogens with one attached hydrogen (secondary N) is 1. The number of aryl methyl sites for hydroxylation is 2. The molecule has 0 radical (unpaired) electrons. The molecule has 1 N–H and O–H groups in total. The maximum atomic E-state index is 12.7. The standard InChI is InChI=1S/C29H33N3O3S/c1-4-22-23-17-20(19-11-14-32(15-12-19)28(33)10-9-27-30-13-16-36-27)5-7-24(23)31-29(22)21-6-8-25(34-2)26(18-21)35-3/h5-8,13,16-19,31H,4,9-12,14-15H2,1-3H3. The number of benzene rings is 2. The maximum Gasteiger partial charge on any atom is 0.222 e. The van der Waals surface area contributed by atoms with Crippen molar-refractivity contribution in [3.05, 3.63) is 64.1 Å². The van der Waals surface area contributed by atoms with Crippen LogP contribution in [0.1, 0.15) is 48.2 Å². The van der Waals surface area contributed by atoms with E-state index in [1.165, 1.54) is 16.5 Å². The highest BCUT2D eigenvalue weighted by Crippen LogP contribution is 2.38. The van der Waals surface area contributed by atoms with Crippen molar-refractivity contribution in [3.8, 4) is 22.8 Å². The number of fused-ring (bicyclic) bond motifs is 1. The van der Waals surface area contributed by atoms with E-state index in [9.17, 15) is 4.79 Å². The number of carbonyl (C=O) groups excluding carboxylic acids is 1. The second-order valence-corrected chi connectivity index (χ2v) is 10.3. The summed E-state index contributed by atoms with van der Waals surface area (Å²) >= 11 is 1.62. The molecule has 1 aliphatic heterocycles. The molecule has 1 amide bonds. The number of amides is 1. The number of thiazole rings is 1. The zero-order chi connectivity index (χ0) is 25.1. The molecule has 2 aromatic heterocycles. The van der Waals surface area contributed by atoms with Crippen LogP contribution in [0.2, 0.25) is 0 Å². The summed E-state index contributed by atoms with van der Waals surface area (Å²) in [5, 5.41) is 4.28. The molecule has 0 saturated carbocycles. The van der Waals surface area contributed by atoms with Gasteiger partial charge in [0.2, 0.25) is 5.91 Å². The quantitative estimate of drug-likeness (QED) is 0.310. The third-order valence-electron chi connectivity index (χ3n) is 7.31. The van der Waals surface area contributed by atoms with Gasteiger partial charge in [0, 0.05) is 59.7 Å². The van der Waals surface area contributed by atoms with Crippen molar-refractivity contribution >= 4 is 28.1 Å². The summed E-state index contributed by atoms with van der Waals surface area (Å²) in [6.45, 7) is 3.85. The van der Waals surface area contributed by atoms with Gasteiger partial charge < -0.3 is 19.4 Å². The third-order valence-corrected chi connectivity index (χ3v) is 8.15. The number of nitrogens with zero attached hydrogens (tertiary/aromatic N) is 2. The maximum absolute atomic E-state index is 12.7. The average molecular weight is 504 g/mol. The van der Waals surface area contributed by atoms with Crippen molar-refractivity contribution in [1.82, 2.24) is 14.9 Å². The van der Waals surface area contributed by atoms with Gasteiger partial charge in [-0.2, -0.15) is 0 Å². The summed E-state index contributed by atoms with van der Waals surface area (Å²) in [5.74, 6) is 2.18. The highest BCUT2D eigenvalue weighted by Gasteiger charge is 2.24. The minimum atomic E-state index is 0.248. The summed E-state index contributed by atoms with van der Waals surface area (Å²) in [5.41, 5.74) is 6.05. The minimum Gasteiger partial charge on any atom is -0.493 e. The SMILES string of the molecule is CCc1c(-c2ccc(OC)c(OC)c2)[nH]c2ccc(C3CCN(C(=O)CCc4nccs4)CC3)cc12. The third kappa shape index (κ3) is 4.85. The summed E-state index contributed by atoms with van der Waals surface area (Å²) in [6.07, 6.45) is 6.03. The van der Waals surface area contributed by atoms with Crippen molar-refractivity contribution in [3.63, 3.8) is 0 Å². The van der Waals surface area contributed by atoms with Gasteiger partial charge in [0.25, 0.3) is 0 Å². The van der Waals surface area contributed by atoms with Gasteiger partial charge in [-0.1, -0.05) is 13.0 Å². The van der Waals surface area contributed by atoms with Crippen LogP contribution in [0.25, 0.3) is 22.2 Å². The van der Waals surface area contributed by atoms with Crippen LogP contribution in [-0.2, 0) is 17.6 Å². The van der Waals surface area contributed by atoms with Gasteiger partial charge in [-0.05, 0) is 66.6 Å². The van der Waals surface area contributed by atoms with Crippen LogP contribution in [0, 0.1) is 0 Å². The lowest BCUT2D eigenvalue weighted by Crippen LogP contribution is -2.38. The molecule has 0 bridgehead atoms. The van der Waals surface area contributed by atoms with Crippen LogP contribution in [0.3, 0.4) is 0 Å². The molecule has 1 saturated heterocycles. The van der Waals surface area contributed by atoms with E-state index in [-0.39, 0.29) is 5.91 Å². The topological polar surface area (TPSA) is 67.5 Å². The van der Waals surface area contributed by atoms with E-state index in [0.29, 0.717) is 12.3 Å². The lowest BCUT2D eigenvalue weighted by Gasteiger charge is -2.32. The van der Waals surface area contributed by atoms with E-state index in [1.54, 1.807) is 31.8 Å². The molecule has 0 atom stereocenters. The number of ether oxygens (including phenoxy) is 2. The molecule has 0 spiro atoms. The number of aromatic nitrogens is 2. The first kappa shape index (κ1) is 24.4. The van der Waals surface area contributed by atoms with Crippen molar-refractivity contribution in [2.45, 2.75) is 44.9 Å². The van der Waals surface area contributed by atoms with E-state index in [4.69, 9.17) is 9.47 Å². The van der Waals surface area contributed by atoms with E-state index in [0.717, 1.165) is 72.1 Å². The smallest absolute Gasteiger partial charge is 0.222 e. The van der Waals surface area contributed by atoms with Crippen LogP contribution in [0.15, 0.2) is 48.0 Å². The number of hydrogen-bond acceptors (Lipinski definition) is 5. The zero-order valence-corrected chi connectivity index (χ0v) is 22.0. The molecule has 2 aromatic carbocycles. The molecule has 6 nitrogen and oxygen atoms in total. The lowest BCUT2D eigenvalue weighted by molar-refractivity contribution is -0.132. The Labute approximate surface area is 216 Å². The zero-order valence-electron chi connectivity index (χ0n) is 21.2. The second-order valence-electron chi connectivity index (χ2n) is 9.29. The molecule has 5 rings (SSSR count). The van der Waals surface area contributed by atoms with E-state index >= 15 is 0 Å². The molecule has 3 heterocycles. The molecule has 0 unspecified atom stereocenters.